The number of anilines is 2. The normalized spacial score (nSPS) is 8.93. The summed E-state index contributed by atoms with van der Waals surface area (Å²) in [7, 11) is 0. The zero-order valence-corrected chi connectivity index (χ0v) is 18.6. The zero-order valence-electron chi connectivity index (χ0n) is 16.1. The summed E-state index contributed by atoms with van der Waals surface area (Å²) in [4.78, 5) is 32.9. The molecule has 0 atom stereocenters. The number of halogens is 1. The maximum absolute atomic E-state index is 12.4. The van der Waals surface area contributed by atoms with Gasteiger partial charge >= 0.3 is 29.7 Å². The van der Waals surface area contributed by atoms with Gasteiger partial charge in [0.05, 0.1) is 11.4 Å². The molecule has 0 unspecified atom stereocenters. The minimum atomic E-state index is -0.345. The van der Waals surface area contributed by atoms with Crippen LogP contribution in [0.5, 0.6) is 0 Å². The number of hydrogen-bond acceptors (Lipinski definition) is 5. The van der Waals surface area contributed by atoms with Crippen LogP contribution in [0.15, 0.2) is 60.9 Å². The Bertz CT molecular complexity index is 923. The molecule has 0 saturated heterocycles. The number of hydrogen-bond donors (Lipinski definition) is 2. The van der Waals surface area contributed by atoms with Gasteiger partial charge in [-0.25, -0.2) is 0 Å². The van der Waals surface area contributed by atoms with Crippen molar-refractivity contribution in [2.75, 3.05) is 10.6 Å². The first-order chi connectivity index (χ1) is 13.5. The van der Waals surface area contributed by atoms with E-state index in [0.29, 0.717) is 22.8 Å². The van der Waals surface area contributed by atoms with Gasteiger partial charge in [-0.2, -0.15) is 0 Å². The van der Waals surface area contributed by atoms with E-state index in [0.717, 1.165) is 11.1 Å². The first kappa shape index (κ1) is 27.0. The van der Waals surface area contributed by atoms with Crippen molar-refractivity contribution >= 4 is 23.2 Å². The van der Waals surface area contributed by atoms with Gasteiger partial charge in [-0.1, -0.05) is 12.1 Å². The van der Waals surface area contributed by atoms with Crippen LogP contribution < -0.4 is 23.0 Å². The standard InChI is InChI=1S/C20H18N4O2.ClH.NO.Ru/c1-13-11-17(23-19(25)15-7-3-5-9-21-15)18(12-14(13)2)24-20(26)16-8-4-6-10-22-16;;1-2;/h3-12H,1-2H3,(H,23,25)(H,24,26);1H;;/q;;+1;+3/p-1. The van der Waals surface area contributed by atoms with Crippen molar-refractivity contribution in [3.8, 4) is 0 Å². The number of aromatic nitrogens is 2. The molecule has 0 spiro atoms. The molecule has 0 aliphatic heterocycles. The molecular formula is C20H18ClN5O3Ru+3. The van der Waals surface area contributed by atoms with Crippen molar-refractivity contribution in [2.24, 2.45) is 0 Å². The van der Waals surface area contributed by atoms with Crippen molar-refractivity contribution in [2.45, 2.75) is 13.8 Å². The van der Waals surface area contributed by atoms with E-state index in [1.165, 1.54) is 0 Å². The predicted molar refractivity (Wildman–Crippen MR) is 103 cm³/mol. The molecule has 10 heteroatoms. The summed E-state index contributed by atoms with van der Waals surface area (Å²) >= 11 is 0. The van der Waals surface area contributed by atoms with Gasteiger partial charge in [0, 0.05) is 12.4 Å². The van der Waals surface area contributed by atoms with Gasteiger partial charge in [-0.15, -0.1) is 0 Å². The third-order valence-electron chi connectivity index (χ3n) is 3.93. The second-order valence-corrected chi connectivity index (χ2v) is 5.82. The molecule has 3 aromatic rings. The number of benzene rings is 1. The Morgan fingerprint density at radius 3 is 1.47 bits per heavy atom. The Morgan fingerprint density at radius 1 is 0.800 bits per heavy atom. The van der Waals surface area contributed by atoms with Gasteiger partial charge in [0.2, 0.25) is 0 Å². The third kappa shape index (κ3) is 7.14. The molecule has 2 heterocycles. The van der Waals surface area contributed by atoms with E-state index < -0.39 is 0 Å². The van der Waals surface area contributed by atoms with E-state index in [9.17, 15) is 9.59 Å². The molecule has 2 aromatic heterocycles. The van der Waals surface area contributed by atoms with Crippen LogP contribution in [-0.2, 0) is 24.3 Å². The maximum Gasteiger partial charge on any atom is 3.00 e. The monoisotopic (exact) mass is 513 g/mol. The van der Waals surface area contributed by atoms with Crippen LogP contribution in [-0.4, -0.2) is 21.8 Å². The Hall–Kier alpha value is -2.96. The Balaban J connectivity index is 0.00000204. The van der Waals surface area contributed by atoms with Gasteiger partial charge < -0.3 is 23.0 Å². The molecule has 30 heavy (non-hydrogen) atoms. The summed E-state index contributed by atoms with van der Waals surface area (Å²) in [5.74, 6) is -0.690. The minimum Gasteiger partial charge on any atom is -1.00 e. The minimum absolute atomic E-state index is 0. The Kier molecular flexibility index (Phi) is 12.0. The maximum atomic E-state index is 12.4. The largest absolute Gasteiger partial charge is 3.00 e. The summed E-state index contributed by atoms with van der Waals surface area (Å²) < 4.78 is 7.25. The molecule has 0 aliphatic rings. The summed E-state index contributed by atoms with van der Waals surface area (Å²) in [5, 5.41) is 5.63. The van der Waals surface area contributed by atoms with E-state index in [1.807, 2.05) is 26.0 Å². The third-order valence-corrected chi connectivity index (χ3v) is 3.93. The van der Waals surface area contributed by atoms with Crippen molar-refractivity contribution < 1.29 is 46.2 Å². The Labute approximate surface area is 192 Å². The first-order valence-corrected chi connectivity index (χ1v) is 8.29. The molecule has 1 radical (unpaired) electrons. The number of nitrogens with one attached hydrogen (secondary N) is 2. The summed E-state index contributed by atoms with van der Waals surface area (Å²) in [6.45, 7) is 3.88. The molecule has 3 rings (SSSR count). The van der Waals surface area contributed by atoms with E-state index in [1.54, 1.807) is 48.8 Å². The smallest absolute Gasteiger partial charge is 1.00 e. The SMILES string of the molecule is Cc1cc(NC(=O)c2ccccn2)c(NC(=O)c2ccccn2)cc1C.N#[O+].[Cl-].[Ru+3]. The molecule has 2 N–H and O–H groups in total. The first-order valence-electron chi connectivity index (χ1n) is 8.29. The second kappa shape index (κ2) is 13.3. The van der Waals surface area contributed by atoms with Gasteiger partial charge in [0.15, 0.2) is 0 Å². The van der Waals surface area contributed by atoms with Crippen molar-refractivity contribution in [1.29, 1.82) is 5.46 Å². The van der Waals surface area contributed by atoms with Crippen LogP contribution >= 0.6 is 0 Å². The molecule has 0 aliphatic carbocycles. The van der Waals surface area contributed by atoms with Crippen LogP contribution in [0.4, 0.5) is 11.4 Å². The molecule has 1 aromatic carbocycles. The number of nitrogens with zero attached hydrogens (tertiary/aromatic N) is 3. The number of rotatable bonds is 4. The fourth-order valence-electron chi connectivity index (χ4n) is 2.39. The van der Waals surface area contributed by atoms with Gasteiger partial charge in [-0.05, 0) is 61.4 Å². The van der Waals surface area contributed by atoms with Crippen molar-refractivity contribution in [3.05, 3.63) is 83.4 Å². The summed E-state index contributed by atoms with van der Waals surface area (Å²) in [6, 6.07) is 13.9. The fraction of sp³-hybridized carbons (Fsp3) is 0.100. The van der Waals surface area contributed by atoms with E-state index in [2.05, 4.69) is 20.6 Å². The molecule has 0 fully saturated rings. The van der Waals surface area contributed by atoms with Gasteiger partial charge in [-0.3, -0.25) is 19.6 Å². The molecular weight excluding hydrogens is 495 g/mol. The molecule has 153 valence electrons. The van der Waals surface area contributed by atoms with E-state index in [4.69, 9.17) is 10.2 Å². The van der Waals surface area contributed by atoms with Crippen molar-refractivity contribution in [1.82, 2.24) is 9.97 Å². The molecule has 0 saturated carbocycles. The van der Waals surface area contributed by atoms with Crippen LogP contribution in [0.1, 0.15) is 32.1 Å². The average Bonchev–Trinajstić information content (AvgIpc) is 2.74. The summed E-state index contributed by atoms with van der Waals surface area (Å²) in [6.07, 6.45) is 3.11. The number of aryl methyl sites for hydroxylation is 2. The Morgan fingerprint density at radius 2 is 1.17 bits per heavy atom. The van der Waals surface area contributed by atoms with E-state index in [-0.39, 0.29) is 43.7 Å². The van der Waals surface area contributed by atoms with E-state index >= 15 is 0 Å². The van der Waals surface area contributed by atoms with Crippen LogP contribution in [0, 0.1) is 19.3 Å². The molecule has 0 bridgehead atoms. The van der Waals surface area contributed by atoms with Crippen LogP contribution in [0.25, 0.3) is 0 Å². The van der Waals surface area contributed by atoms with Gasteiger partial charge in [0.1, 0.15) is 11.4 Å². The topological polar surface area (TPSA) is 128 Å². The number of carbonyl (C=O) groups is 2. The van der Waals surface area contributed by atoms with Crippen molar-refractivity contribution in [3.63, 3.8) is 0 Å². The van der Waals surface area contributed by atoms with Crippen LogP contribution in [0.3, 0.4) is 0 Å². The average molecular weight is 513 g/mol. The quantitative estimate of drug-likeness (QED) is 0.388. The predicted octanol–water partition coefficient (Wildman–Crippen LogP) is 0.496. The summed E-state index contributed by atoms with van der Waals surface area (Å²) in [5.41, 5.74) is 9.36. The number of carbonyl (C=O) groups excluding carboxylic acids is 2. The van der Waals surface area contributed by atoms with Crippen LogP contribution in [0.2, 0.25) is 0 Å². The molecule has 2 amide bonds. The van der Waals surface area contributed by atoms with Gasteiger partial charge in [0.25, 0.3) is 11.8 Å². The zero-order chi connectivity index (χ0) is 20.5. The number of pyridine rings is 2. The number of amides is 2. The second-order valence-electron chi connectivity index (χ2n) is 5.82. The fourth-order valence-corrected chi connectivity index (χ4v) is 2.39. The molecule has 8 nitrogen and oxygen atoms in total.